The first kappa shape index (κ1) is 13.4. The molecule has 2 heteroatoms. The van der Waals surface area contributed by atoms with Crippen molar-refractivity contribution in [2.24, 2.45) is 0 Å². The first-order chi connectivity index (χ1) is 8.70. The zero-order valence-corrected chi connectivity index (χ0v) is 12.1. The van der Waals surface area contributed by atoms with Gasteiger partial charge in [0.25, 0.3) is 0 Å². The van der Waals surface area contributed by atoms with Crippen molar-refractivity contribution in [3.8, 4) is 0 Å². The molecule has 2 rings (SSSR count). The number of benzene rings is 1. The number of hydrogen-bond acceptors (Lipinski definition) is 2. The van der Waals surface area contributed by atoms with Crippen LogP contribution in [0.25, 0.3) is 0 Å². The van der Waals surface area contributed by atoms with E-state index in [9.17, 15) is 0 Å². The summed E-state index contributed by atoms with van der Waals surface area (Å²) in [7, 11) is 1.76. The molecule has 1 heterocycles. The molecule has 1 aromatic carbocycles. The molecule has 0 radical (unpaired) electrons. The zero-order chi connectivity index (χ0) is 13.2. The summed E-state index contributed by atoms with van der Waals surface area (Å²) in [4.78, 5) is 2.51. The summed E-state index contributed by atoms with van der Waals surface area (Å²) < 4.78 is 5.26. The fraction of sp³-hybridized carbons (Fsp3) is 0.625. The fourth-order valence-corrected chi connectivity index (χ4v) is 3.21. The van der Waals surface area contributed by atoms with Crippen molar-refractivity contribution >= 4 is 5.69 Å². The molecule has 0 N–H and O–H groups in total. The molecule has 1 aliphatic heterocycles. The first-order valence-electron chi connectivity index (χ1n) is 7.08. The summed E-state index contributed by atoms with van der Waals surface area (Å²) in [5.74, 6) is 0. The molecule has 2 nitrogen and oxygen atoms in total. The number of fused-ring (bicyclic) bond motifs is 1. The van der Waals surface area contributed by atoms with Crippen LogP contribution in [0.2, 0.25) is 0 Å². The number of likely N-dealkylation sites (N-methyl/N-ethyl adjacent to an activating group) is 1. The lowest BCUT2D eigenvalue weighted by atomic mass is 9.77. The maximum atomic E-state index is 5.26. The highest BCUT2D eigenvalue weighted by molar-refractivity contribution is 5.63. The second-order valence-corrected chi connectivity index (χ2v) is 5.29. The molecule has 0 bridgehead atoms. The molecule has 0 aliphatic carbocycles. The minimum Gasteiger partial charge on any atom is -0.380 e. The van der Waals surface area contributed by atoms with Crippen molar-refractivity contribution in [2.75, 3.05) is 25.1 Å². The molecule has 0 atom stereocenters. The molecule has 0 saturated heterocycles. The number of nitrogens with zero attached hydrogens (tertiary/aromatic N) is 1. The van der Waals surface area contributed by atoms with E-state index in [-0.39, 0.29) is 0 Å². The van der Waals surface area contributed by atoms with E-state index in [4.69, 9.17) is 4.74 Å². The lowest BCUT2D eigenvalue weighted by Crippen LogP contribution is -2.32. The van der Waals surface area contributed by atoms with Crippen LogP contribution in [0.4, 0.5) is 5.69 Å². The van der Waals surface area contributed by atoms with E-state index >= 15 is 0 Å². The van der Waals surface area contributed by atoms with Crippen molar-refractivity contribution in [2.45, 2.75) is 45.6 Å². The van der Waals surface area contributed by atoms with Gasteiger partial charge in [-0.15, -0.1) is 0 Å². The van der Waals surface area contributed by atoms with Crippen LogP contribution in [0.3, 0.4) is 0 Å². The average Bonchev–Trinajstić information content (AvgIpc) is 2.73. The molecular formula is C16H25NO. The molecule has 18 heavy (non-hydrogen) atoms. The van der Waals surface area contributed by atoms with E-state index in [1.165, 1.54) is 36.2 Å². The molecule has 1 aliphatic rings. The third-order valence-electron chi connectivity index (χ3n) is 4.51. The van der Waals surface area contributed by atoms with E-state index < -0.39 is 0 Å². The molecule has 100 valence electrons. The van der Waals surface area contributed by atoms with Crippen LogP contribution in [0, 0.1) is 0 Å². The fourth-order valence-electron chi connectivity index (χ4n) is 3.21. The molecule has 0 unspecified atom stereocenters. The highest BCUT2D eigenvalue weighted by Gasteiger charge is 2.39. The largest absolute Gasteiger partial charge is 0.380 e. The highest BCUT2D eigenvalue weighted by atomic mass is 16.5. The van der Waals surface area contributed by atoms with Gasteiger partial charge in [0.15, 0.2) is 0 Å². The van der Waals surface area contributed by atoms with Gasteiger partial charge in [-0.2, -0.15) is 0 Å². The Morgan fingerprint density at radius 2 is 1.94 bits per heavy atom. The number of anilines is 1. The average molecular weight is 247 g/mol. The van der Waals surface area contributed by atoms with Gasteiger partial charge in [-0.1, -0.05) is 26.0 Å². The third kappa shape index (κ3) is 2.03. The molecule has 1 aromatic rings. The van der Waals surface area contributed by atoms with Gasteiger partial charge in [-0.05, 0) is 37.0 Å². The van der Waals surface area contributed by atoms with Crippen LogP contribution in [-0.2, 0) is 16.8 Å². The van der Waals surface area contributed by atoms with Crippen molar-refractivity contribution < 1.29 is 4.74 Å². The Kier molecular flexibility index (Phi) is 3.96. The van der Waals surface area contributed by atoms with Crippen LogP contribution in [0.5, 0.6) is 0 Å². The summed E-state index contributed by atoms with van der Waals surface area (Å²) >= 11 is 0. The van der Waals surface area contributed by atoms with E-state index in [0.717, 1.165) is 6.54 Å². The minimum atomic E-state index is 0.342. The van der Waals surface area contributed by atoms with E-state index in [0.29, 0.717) is 12.0 Å². The Labute approximate surface area is 111 Å². The topological polar surface area (TPSA) is 12.5 Å². The quantitative estimate of drug-likeness (QED) is 0.786. The SMILES string of the molecule is CCN1CC(CC)(CC)c2cc(COC)ccc21. The van der Waals surface area contributed by atoms with Crippen molar-refractivity contribution in [3.05, 3.63) is 29.3 Å². The van der Waals surface area contributed by atoms with Crippen LogP contribution in [0.1, 0.15) is 44.7 Å². The van der Waals surface area contributed by atoms with Crippen LogP contribution in [0.15, 0.2) is 18.2 Å². The summed E-state index contributed by atoms with van der Waals surface area (Å²) in [5.41, 5.74) is 4.60. The second kappa shape index (κ2) is 5.31. The zero-order valence-electron chi connectivity index (χ0n) is 12.1. The van der Waals surface area contributed by atoms with Gasteiger partial charge >= 0.3 is 0 Å². The number of hydrogen-bond donors (Lipinski definition) is 0. The minimum absolute atomic E-state index is 0.342. The Morgan fingerprint density at radius 1 is 1.22 bits per heavy atom. The molecule has 0 fully saturated rings. The maximum Gasteiger partial charge on any atom is 0.0713 e. The van der Waals surface area contributed by atoms with Gasteiger partial charge in [0, 0.05) is 31.3 Å². The number of rotatable bonds is 5. The van der Waals surface area contributed by atoms with Crippen molar-refractivity contribution in [1.29, 1.82) is 0 Å². The van der Waals surface area contributed by atoms with Gasteiger partial charge in [0.05, 0.1) is 6.61 Å². The van der Waals surface area contributed by atoms with Crippen LogP contribution in [-0.4, -0.2) is 20.2 Å². The molecule has 0 amide bonds. The van der Waals surface area contributed by atoms with E-state index in [2.05, 4.69) is 43.9 Å². The summed E-state index contributed by atoms with van der Waals surface area (Å²) in [6.07, 6.45) is 2.42. The lowest BCUT2D eigenvalue weighted by molar-refractivity contribution is 0.184. The first-order valence-corrected chi connectivity index (χ1v) is 7.08. The van der Waals surface area contributed by atoms with Crippen molar-refractivity contribution in [1.82, 2.24) is 0 Å². The van der Waals surface area contributed by atoms with Crippen molar-refractivity contribution in [3.63, 3.8) is 0 Å². The summed E-state index contributed by atoms with van der Waals surface area (Å²) in [6, 6.07) is 6.84. The normalized spacial score (nSPS) is 17.0. The Balaban J connectivity index is 2.46. The molecule has 0 aromatic heterocycles. The monoisotopic (exact) mass is 247 g/mol. The Bertz CT molecular complexity index is 410. The van der Waals surface area contributed by atoms with Gasteiger partial charge in [-0.3, -0.25) is 0 Å². The van der Waals surface area contributed by atoms with E-state index in [1.807, 2.05) is 0 Å². The van der Waals surface area contributed by atoms with Crippen LogP contribution < -0.4 is 4.90 Å². The van der Waals surface area contributed by atoms with Gasteiger partial charge in [-0.25, -0.2) is 0 Å². The predicted molar refractivity (Wildman–Crippen MR) is 77.3 cm³/mol. The molecular weight excluding hydrogens is 222 g/mol. The van der Waals surface area contributed by atoms with Crippen LogP contribution >= 0.6 is 0 Å². The Morgan fingerprint density at radius 3 is 2.50 bits per heavy atom. The second-order valence-electron chi connectivity index (χ2n) is 5.29. The smallest absolute Gasteiger partial charge is 0.0713 e. The number of ether oxygens (including phenoxy) is 1. The highest BCUT2D eigenvalue weighted by Crippen LogP contribution is 2.45. The standard InChI is InChI=1S/C16H25NO/c1-5-16(6-2)12-17(7-3)15-9-8-13(11-18-4)10-14(15)16/h8-10H,5-7,11-12H2,1-4H3. The molecule has 0 saturated carbocycles. The predicted octanol–water partition coefficient (Wildman–Crippen LogP) is 3.73. The maximum absolute atomic E-state index is 5.26. The van der Waals surface area contributed by atoms with Gasteiger partial charge < -0.3 is 9.64 Å². The van der Waals surface area contributed by atoms with E-state index in [1.54, 1.807) is 7.11 Å². The summed E-state index contributed by atoms with van der Waals surface area (Å²) in [6.45, 7) is 9.85. The lowest BCUT2D eigenvalue weighted by Gasteiger charge is -2.28. The summed E-state index contributed by atoms with van der Waals surface area (Å²) in [5, 5.41) is 0. The number of methoxy groups -OCH3 is 1. The third-order valence-corrected chi connectivity index (χ3v) is 4.51. The van der Waals surface area contributed by atoms with Gasteiger partial charge in [0.1, 0.15) is 0 Å². The molecule has 0 spiro atoms. The van der Waals surface area contributed by atoms with Gasteiger partial charge in [0.2, 0.25) is 0 Å². The Hall–Kier alpha value is -1.02.